The molecular formula is C19H28N2O4. The van der Waals surface area contributed by atoms with E-state index in [1.54, 1.807) is 4.90 Å². The smallest absolute Gasteiger partial charge is 0.410 e. The van der Waals surface area contributed by atoms with Crippen molar-refractivity contribution in [3.05, 3.63) is 35.9 Å². The van der Waals surface area contributed by atoms with E-state index in [0.717, 1.165) is 18.4 Å². The van der Waals surface area contributed by atoms with E-state index in [0.29, 0.717) is 25.4 Å². The number of hydrogen-bond acceptors (Lipinski definition) is 4. The second kappa shape index (κ2) is 9.42. The standard InChI is InChI=1S/C19H28N2O4/c1-14(2)11-17(18(22)23)20-12-16-9-6-10-21(16)19(24)25-13-15-7-4-3-5-8-15/h3-5,7-8,14,16-17,20H,6,9-13H2,1-2H3,(H,22,23). The van der Waals surface area contributed by atoms with Crippen molar-refractivity contribution in [1.82, 2.24) is 10.2 Å². The Labute approximate surface area is 149 Å². The molecule has 1 heterocycles. The molecule has 0 radical (unpaired) electrons. The van der Waals surface area contributed by atoms with Crippen LogP contribution in [0.15, 0.2) is 30.3 Å². The van der Waals surface area contributed by atoms with Crippen molar-refractivity contribution in [2.24, 2.45) is 5.92 Å². The highest BCUT2D eigenvalue weighted by molar-refractivity contribution is 5.73. The Morgan fingerprint density at radius 2 is 2.04 bits per heavy atom. The molecule has 1 amide bonds. The minimum atomic E-state index is -0.843. The van der Waals surface area contributed by atoms with Crippen LogP contribution >= 0.6 is 0 Å². The van der Waals surface area contributed by atoms with Crippen molar-refractivity contribution in [2.45, 2.75) is 51.8 Å². The second-order valence-electron chi connectivity index (χ2n) is 6.96. The summed E-state index contributed by atoms with van der Waals surface area (Å²) in [5.74, 6) is -0.547. The van der Waals surface area contributed by atoms with E-state index >= 15 is 0 Å². The molecule has 2 rings (SSSR count). The van der Waals surface area contributed by atoms with Gasteiger partial charge in [-0.1, -0.05) is 44.2 Å². The third-order valence-corrected chi connectivity index (χ3v) is 4.42. The highest BCUT2D eigenvalue weighted by Crippen LogP contribution is 2.19. The van der Waals surface area contributed by atoms with Gasteiger partial charge in [0.2, 0.25) is 0 Å². The molecule has 1 saturated heterocycles. The molecule has 138 valence electrons. The third kappa shape index (κ3) is 6.05. The number of carboxylic acid groups (broad SMARTS) is 1. The lowest BCUT2D eigenvalue weighted by atomic mass is 10.0. The Morgan fingerprint density at radius 3 is 2.68 bits per heavy atom. The first-order chi connectivity index (χ1) is 12.0. The number of carbonyl (C=O) groups excluding carboxylic acids is 1. The van der Waals surface area contributed by atoms with Crippen LogP contribution in [0, 0.1) is 5.92 Å². The van der Waals surface area contributed by atoms with Gasteiger partial charge in [-0.05, 0) is 30.7 Å². The molecule has 0 saturated carbocycles. The lowest BCUT2D eigenvalue weighted by Crippen LogP contribution is -2.47. The second-order valence-corrected chi connectivity index (χ2v) is 6.96. The minimum absolute atomic E-state index is 0.0164. The summed E-state index contributed by atoms with van der Waals surface area (Å²) in [7, 11) is 0. The van der Waals surface area contributed by atoms with Crippen LogP contribution in [0.4, 0.5) is 4.79 Å². The molecule has 6 nitrogen and oxygen atoms in total. The quantitative estimate of drug-likeness (QED) is 0.755. The monoisotopic (exact) mass is 348 g/mol. The number of carbonyl (C=O) groups is 2. The number of amides is 1. The zero-order valence-corrected chi connectivity index (χ0v) is 15.0. The number of carboxylic acids is 1. The molecule has 1 fully saturated rings. The Hall–Kier alpha value is -2.08. The number of nitrogens with zero attached hydrogens (tertiary/aromatic N) is 1. The molecule has 25 heavy (non-hydrogen) atoms. The van der Waals surface area contributed by atoms with E-state index in [1.165, 1.54) is 0 Å². The number of likely N-dealkylation sites (tertiary alicyclic amines) is 1. The zero-order chi connectivity index (χ0) is 18.2. The number of rotatable bonds is 8. The van der Waals surface area contributed by atoms with Crippen molar-refractivity contribution in [3.63, 3.8) is 0 Å². The molecule has 1 aromatic carbocycles. The predicted octanol–water partition coefficient (Wildman–Crippen LogP) is 2.88. The summed E-state index contributed by atoms with van der Waals surface area (Å²) in [6.07, 6.45) is 2.01. The van der Waals surface area contributed by atoms with Gasteiger partial charge in [0.1, 0.15) is 12.6 Å². The normalized spacial score (nSPS) is 18.4. The molecule has 2 atom stereocenters. The van der Waals surface area contributed by atoms with Crippen molar-refractivity contribution in [2.75, 3.05) is 13.1 Å². The van der Waals surface area contributed by atoms with Gasteiger partial charge in [-0.15, -0.1) is 0 Å². The molecule has 6 heteroatoms. The van der Waals surface area contributed by atoms with Crippen LogP contribution < -0.4 is 5.32 Å². The molecule has 1 aromatic rings. The molecule has 1 aliphatic rings. The van der Waals surface area contributed by atoms with Crippen LogP contribution in [0.2, 0.25) is 0 Å². The summed E-state index contributed by atoms with van der Waals surface area (Å²) >= 11 is 0. The van der Waals surface area contributed by atoms with Gasteiger partial charge in [-0.2, -0.15) is 0 Å². The first-order valence-electron chi connectivity index (χ1n) is 8.91. The molecule has 0 aromatic heterocycles. The average molecular weight is 348 g/mol. The van der Waals surface area contributed by atoms with Gasteiger partial charge in [0.25, 0.3) is 0 Å². The summed E-state index contributed by atoms with van der Waals surface area (Å²) < 4.78 is 5.40. The van der Waals surface area contributed by atoms with Crippen molar-refractivity contribution >= 4 is 12.1 Å². The third-order valence-electron chi connectivity index (χ3n) is 4.42. The summed E-state index contributed by atoms with van der Waals surface area (Å²) in [5.41, 5.74) is 0.951. The molecule has 0 spiro atoms. The number of benzene rings is 1. The summed E-state index contributed by atoms with van der Waals surface area (Å²) in [5, 5.41) is 12.4. The fourth-order valence-electron chi connectivity index (χ4n) is 3.11. The highest BCUT2D eigenvalue weighted by Gasteiger charge is 2.31. The van der Waals surface area contributed by atoms with Gasteiger partial charge in [-0.3, -0.25) is 4.79 Å². The van der Waals surface area contributed by atoms with E-state index < -0.39 is 12.0 Å². The van der Waals surface area contributed by atoms with Gasteiger partial charge in [0.15, 0.2) is 0 Å². The predicted molar refractivity (Wildman–Crippen MR) is 95.2 cm³/mol. The molecule has 2 unspecified atom stereocenters. The zero-order valence-electron chi connectivity index (χ0n) is 15.0. The maximum absolute atomic E-state index is 12.3. The lowest BCUT2D eigenvalue weighted by Gasteiger charge is -2.26. The van der Waals surface area contributed by atoms with Gasteiger partial charge < -0.3 is 20.1 Å². The van der Waals surface area contributed by atoms with Crippen molar-refractivity contribution < 1.29 is 19.4 Å². The Bertz CT molecular complexity index is 562. The first kappa shape index (κ1) is 19.2. The van der Waals surface area contributed by atoms with Gasteiger partial charge in [-0.25, -0.2) is 4.79 Å². The lowest BCUT2D eigenvalue weighted by molar-refractivity contribution is -0.140. The maximum atomic E-state index is 12.3. The van der Waals surface area contributed by atoms with Crippen LogP contribution in [0.1, 0.15) is 38.7 Å². The highest BCUT2D eigenvalue weighted by atomic mass is 16.6. The Kier molecular flexibility index (Phi) is 7.25. The summed E-state index contributed by atoms with van der Waals surface area (Å²) in [6, 6.07) is 8.97. The number of nitrogens with one attached hydrogen (secondary N) is 1. The number of hydrogen-bond donors (Lipinski definition) is 2. The van der Waals surface area contributed by atoms with Crippen molar-refractivity contribution in [3.8, 4) is 0 Å². The van der Waals surface area contributed by atoms with Crippen LogP contribution in [-0.2, 0) is 16.1 Å². The fourth-order valence-corrected chi connectivity index (χ4v) is 3.11. The summed E-state index contributed by atoms with van der Waals surface area (Å²) in [6.45, 7) is 5.38. The first-order valence-corrected chi connectivity index (χ1v) is 8.91. The van der Waals surface area contributed by atoms with Crippen LogP contribution in [0.25, 0.3) is 0 Å². The van der Waals surface area contributed by atoms with Gasteiger partial charge in [0.05, 0.1) is 0 Å². The molecule has 0 bridgehead atoms. The van der Waals surface area contributed by atoms with E-state index in [2.05, 4.69) is 5.32 Å². The largest absolute Gasteiger partial charge is 0.480 e. The fraction of sp³-hybridized carbons (Fsp3) is 0.579. The van der Waals surface area contributed by atoms with Crippen LogP contribution in [0.3, 0.4) is 0 Å². The molecule has 0 aliphatic carbocycles. The number of ether oxygens (including phenoxy) is 1. The average Bonchev–Trinajstić information content (AvgIpc) is 3.05. The Balaban J connectivity index is 1.84. The Morgan fingerprint density at radius 1 is 1.32 bits per heavy atom. The number of aliphatic carboxylic acids is 1. The van der Waals surface area contributed by atoms with Crippen LogP contribution in [0.5, 0.6) is 0 Å². The van der Waals surface area contributed by atoms with Crippen LogP contribution in [-0.4, -0.2) is 47.2 Å². The van der Waals surface area contributed by atoms with E-state index in [4.69, 9.17) is 4.74 Å². The van der Waals surface area contributed by atoms with Crippen molar-refractivity contribution in [1.29, 1.82) is 0 Å². The van der Waals surface area contributed by atoms with Gasteiger partial charge >= 0.3 is 12.1 Å². The molecular weight excluding hydrogens is 320 g/mol. The topological polar surface area (TPSA) is 78.9 Å². The summed E-state index contributed by atoms with van der Waals surface area (Å²) in [4.78, 5) is 25.4. The minimum Gasteiger partial charge on any atom is -0.480 e. The van der Waals surface area contributed by atoms with E-state index in [-0.39, 0.29) is 18.7 Å². The van der Waals surface area contributed by atoms with E-state index in [1.807, 2.05) is 44.2 Å². The van der Waals surface area contributed by atoms with E-state index in [9.17, 15) is 14.7 Å². The SMILES string of the molecule is CC(C)CC(NCC1CCCN1C(=O)OCc1ccccc1)C(=O)O. The molecule has 2 N–H and O–H groups in total. The van der Waals surface area contributed by atoms with Gasteiger partial charge in [0, 0.05) is 19.1 Å². The molecule has 1 aliphatic heterocycles. The maximum Gasteiger partial charge on any atom is 0.410 e.